The summed E-state index contributed by atoms with van der Waals surface area (Å²) in [5, 5.41) is 20.6. The van der Waals surface area contributed by atoms with Crippen molar-refractivity contribution < 1.29 is 19.8 Å². The van der Waals surface area contributed by atoms with Crippen LogP contribution in [-0.4, -0.2) is 39.0 Å². The molecule has 0 saturated heterocycles. The summed E-state index contributed by atoms with van der Waals surface area (Å²) in [5.41, 5.74) is -0.333. The molecule has 0 spiro atoms. The number of hydrogen-bond donors (Lipinski definition) is 3. The molecule has 0 aromatic carbocycles. The Bertz CT molecular complexity index is 622. The van der Waals surface area contributed by atoms with Gasteiger partial charge in [0.2, 0.25) is 0 Å². The normalized spacial score (nSPS) is 13.1. The topological polar surface area (TPSA) is 109 Å². The second-order valence-electron chi connectivity index (χ2n) is 4.04. The number of pyridine rings is 1. The highest BCUT2D eigenvalue weighted by Gasteiger charge is 2.27. The van der Waals surface area contributed by atoms with Gasteiger partial charge in [0.25, 0.3) is 11.5 Å². The summed E-state index contributed by atoms with van der Waals surface area (Å²) in [6, 6.07) is 0. The van der Waals surface area contributed by atoms with Crippen molar-refractivity contribution in [1.29, 1.82) is 0 Å². The van der Waals surface area contributed by atoms with Crippen LogP contribution in [0.4, 0.5) is 0 Å². The Morgan fingerprint density at radius 1 is 1.47 bits per heavy atom. The first-order valence-corrected chi connectivity index (χ1v) is 6.49. The first-order chi connectivity index (χ1) is 8.93. The molecule has 1 aromatic heterocycles. The number of aliphatic carboxylic acids is 1. The lowest BCUT2D eigenvalue weighted by molar-refractivity contribution is -0.135. The summed E-state index contributed by atoms with van der Waals surface area (Å²) in [6.45, 7) is -0.606. The molecular formula is C11H12N2O5S. The minimum Gasteiger partial charge on any atom is -0.506 e. The zero-order valence-electron chi connectivity index (χ0n) is 10.1. The minimum atomic E-state index is -1.22. The first kappa shape index (κ1) is 13.5. The van der Waals surface area contributed by atoms with Gasteiger partial charge in [-0.25, -0.2) is 0 Å². The Balaban J connectivity index is 2.47. The smallest absolute Gasteiger partial charge is 0.322 e. The summed E-state index contributed by atoms with van der Waals surface area (Å²) >= 11 is 1.37. The third-order valence-electron chi connectivity index (χ3n) is 2.85. The van der Waals surface area contributed by atoms with Crippen LogP contribution in [0.2, 0.25) is 0 Å². The van der Waals surface area contributed by atoms with Gasteiger partial charge in [0.05, 0.1) is 4.90 Å². The van der Waals surface area contributed by atoms with Crippen molar-refractivity contribution in [2.75, 3.05) is 12.3 Å². The van der Waals surface area contributed by atoms with Gasteiger partial charge in [0.1, 0.15) is 17.9 Å². The molecule has 2 rings (SSSR count). The van der Waals surface area contributed by atoms with E-state index >= 15 is 0 Å². The van der Waals surface area contributed by atoms with Crippen LogP contribution in [-0.2, 0) is 18.3 Å². The van der Waals surface area contributed by atoms with Gasteiger partial charge in [-0.2, -0.15) is 0 Å². The summed E-state index contributed by atoms with van der Waals surface area (Å²) < 4.78 is 1.32. The molecule has 0 aliphatic carbocycles. The SMILES string of the molecule is Cn1c2c(c(O)c(C(=O)NCC(=O)O)c1=O)SCC2. The van der Waals surface area contributed by atoms with Gasteiger partial charge in [-0.15, -0.1) is 11.8 Å². The standard InChI is InChI=1S/C11H12N2O5S/c1-13-5-2-3-19-9(5)8(16)7(11(13)18)10(17)12-4-6(14)15/h16H,2-4H2,1H3,(H,12,17)(H,14,15). The van der Waals surface area contributed by atoms with Crippen molar-refractivity contribution in [1.82, 2.24) is 9.88 Å². The molecule has 2 heterocycles. The highest BCUT2D eigenvalue weighted by molar-refractivity contribution is 7.99. The summed E-state index contributed by atoms with van der Waals surface area (Å²) in [7, 11) is 1.53. The zero-order chi connectivity index (χ0) is 14.2. The van der Waals surface area contributed by atoms with Gasteiger partial charge in [0, 0.05) is 18.5 Å². The molecule has 1 aliphatic heterocycles. The zero-order valence-corrected chi connectivity index (χ0v) is 10.9. The van der Waals surface area contributed by atoms with Crippen molar-refractivity contribution in [3.05, 3.63) is 21.6 Å². The van der Waals surface area contributed by atoms with E-state index in [0.717, 1.165) is 5.75 Å². The van der Waals surface area contributed by atoms with E-state index in [1.807, 2.05) is 0 Å². The van der Waals surface area contributed by atoms with E-state index in [1.54, 1.807) is 0 Å². The van der Waals surface area contributed by atoms with E-state index in [9.17, 15) is 19.5 Å². The molecule has 0 fully saturated rings. The van der Waals surface area contributed by atoms with E-state index in [4.69, 9.17) is 5.11 Å². The van der Waals surface area contributed by atoms with Gasteiger partial charge in [-0.1, -0.05) is 0 Å². The maximum absolute atomic E-state index is 12.0. The number of rotatable bonds is 3. The molecule has 19 heavy (non-hydrogen) atoms. The number of amides is 1. The predicted octanol–water partition coefficient (Wildman–Crippen LogP) is -0.447. The third-order valence-corrected chi connectivity index (χ3v) is 3.98. The summed E-state index contributed by atoms with van der Waals surface area (Å²) in [4.78, 5) is 34.7. The molecule has 7 nitrogen and oxygen atoms in total. The van der Waals surface area contributed by atoms with Crippen molar-refractivity contribution >= 4 is 23.6 Å². The molecule has 1 amide bonds. The fourth-order valence-electron chi connectivity index (χ4n) is 1.93. The van der Waals surface area contributed by atoms with Gasteiger partial charge in [0.15, 0.2) is 0 Å². The average molecular weight is 284 g/mol. The number of carboxylic acids is 1. The van der Waals surface area contributed by atoms with Gasteiger partial charge in [-0.3, -0.25) is 14.4 Å². The molecular weight excluding hydrogens is 272 g/mol. The van der Waals surface area contributed by atoms with Crippen LogP contribution in [0.1, 0.15) is 16.1 Å². The Labute approximate surface area is 112 Å². The molecule has 0 bridgehead atoms. The number of fused-ring (bicyclic) bond motifs is 1. The molecule has 0 atom stereocenters. The number of carbonyl (C=O) groups is 2. The Hall–Kier alpha value is -1.96. The van der Waals surface area contributed by atoms with E-state index in [1.165, 1.54) is 23.4 Å². The van der Waals surface area contributed by atoms with Crippen molar-refractivity contribution in [3.8, 4) is 5.75 Å². The Kier molecular flexibility index (Phi) is 3.52. The monoisotopic (exact) mass is 284 g/mol. The molecule has 0 radical (unpaired) electrons. The van der Waals surface area contributed by atoms with Gasteiger partial charge >= 0.3 is 5.97 Å². The lowest BCUT2D eigenvalue weighted by atomic mass is 10.1. The van der Waals surface area contributed by atoms with Crippen LogP contribution in [0.3, 0.4) is 0 Å². The Morgan fingerprint density at radius 2 is 2.16 bits per heavy atom. The second-order valence-corrected chi connectivity index (χ2v) is 5.14. The van der Waals surface area contributed by atoms with E-state index in [-0.39, 0.29) is 5.75 Å². The first-order valence-electron chi connectivity index (χ1n) is 5.51. The molecule has 102 valence electrons. The molecule has 3 N–H and O–H groups in total. The second kappa shape index (κ2) is 4.96. The lowest BCUT2D eigenvalue weighted by Crippen LogP contribution is -2.36. The maximum Gasteiger partial charge on any atom is 0.322 e. The van der Waals surface area contributed by atoms with Crippen LogP contribution in [0.25, 0.3) is 0 Å². The molecule has 0 unspecified atom stereocenters. The molecule has 8 heteroatoms. The predicted molar refractivity (Wildman–Crippen MR) is 67.7 cm³/mol. The molecule has 1 aliphatic rings. The average Bonchev–Trinajstić information content (AvgIpc) is 2.83. The molecule has 0 saturated carbocycles. The summed E-state index contributed by atoms with van der Waals surface area (Å²) in [6.07, 6.45) is 0.649. The number of aromatic nitrogens is 1. The van der Waals surface area contributed by atoms with Crippen molar-refractivity contribution in [2.45, 2.75) is 11.3 Å². The number of nitrogens with one attached hydrogen (secondary N) is 1. The largest absolute Gasteiger partial charge is 0.506 e. The number of carbonyl (C=O) groups excluding carboxylic acids is 1. The number of nitrogens with zero attached hydrogens (tertiary/aromatic N) is 1. The van der Waals surface area contributed by atoms with E-state index < -0.39 is 29.5 Å². The maximum atomic E-state index is 12.0. The number of thioether (sulfide) groups is 1. The van der Waals surface area contributed by atoms with Crippen molar-refractivity contribution in [3.63, 3.8) is 0 Å². The lowest BCUT2D eigenvalue weighted by Gasteiger charge is -2.12. The minimum absolute atomic E-state index is 0.358. The fraction of sp³-hybridized carbons (Fsp3) is 0.364. The number of aromatic hydroxyl groups is 1. The highest BCUT2D eigenvalue weighted by atomic mass is 32.2. The number of hydrogen-bond acceptors (Lipinski definition) is 5. The van der Waals surface area contributed by atoms with Gasteiger partial charge in [-0.05, 0) is 6.42 Å². The number of carboxylic acid groups (broad SMARTS) is 1. The van der Waals surface area contributed by atoms with Crippen LogP contribution < -0.4 is 10.9 Å². The van der Waals surface area contributed by atoms with Crippen molar-refractivity contribution in [2.24, 2.45) is 7.05 Å². The molecule has 1 aromatic rings. The fourth-order valence-corrected chi connectivity index (χ4v) is 3.07. The van der Waals surface area contributed by atoms with Crippen LogP contribution in [0.5, 0.6) is 5.75 Å². The van der Waals surface area contributed by atoms with Crippen LogP contribution in [0.15, 0.2) is 9.69 Å². The van der Waals surface area contributed by atoms with Crippen LogP contribution >= 0.6 is 11.8 Å². The van der Waals surface area contributed by atoms with Gasteiger partial charge < -0.3 is 20.1 Å². The summed E-state index contributed by atoms with van der Waals surface area (Å²) in [5.74, 6) is -1.73. The quantitative estimate of drug-likeness (QED) is 0.694. The highest BCUT2D eigenvalue weighted by Crippen LogP contribution is 2.38. The Morgan fingerprint density at radius 3 is 2.79 bits per heavy atom. The van der Waals surface area contributed by atoms with Crippen LogP contribution in [0, 0.1) is 0 Å². The third kappa shape index (κ3) is 2.30. The van der Waals surface area contributed by atoms with E-state index in [2.05, 4.69) is 5.32 Å². The van der Waals surface area contributed by atoms with E-state index in [0.29, 0.717) is 17.0 Å².